The Bertz CT molecular complexity index is 650. The zero-order chi connectivity index (χ0) is 14.8. The average Bonchev–Trinajstić information content (AvgIpc) is 3.26. The van der Waals surface area contributed by atoms with E-state index in [1.54, 1.807) is 12.1 Å². The lowest BCUT2D eigenvalue weighted by Gasteiger charge is -2.12. The van der Waals surface area contributed by atoms with Crippen molar-refractivity contribution in [2.45, 2.75) is 38.8 Å². The van der Waals surface area contributed by atoms with E-state index in [1.165, 1.54) is 35.6 Å². The molecule has 0 bridgehead atoms. The Balaban J connectivity index is 1.81. The van der Waals surface area contributed by atoms with Gasteiger partial charge in [0.05, 0.1) is 0 Å². The summed E-state index contributed by atoms with van der Waals surface area (Å²) in [5, 5.41) is 3.54. The molecule has 0 heterocycles. The van der Waals surface area contributed by atoms with E-state index in [9.17, 15) is 4.39 Å². The third-order valence-corrected chi connectivity index (χ3v) is 4.79. The van der Waals surface area contributed by atoms with Crippen LogP contribution >= 0.6 is 15.9 Å². The number of benzene rings is 2. The van der Waals surface area contributed by atoms with Gasteiger partial charge in [-0.25, -0.2) is 4.39 Å². The van der Waals surface area contributed by atoms with E-state index in [-0.39, 0.29) is 5.82 Å². The molecule has 21 heavy (non-hydrogen) atoms. The third-order valence-electron chi connectivity index (χ3n) is 3.97. The van der Waals surface area contributed by atoms with E-state index in [0.717, 1.165) is 23.0 Å². The number of hydrogen-bond donors (Lipinski definition) is 1. The first-order chi connectivity index (χ1) is 10.1. The van der Waals surface area contributed by atoms with E-state index < -0.39 is 0 Å². The van der Waals surface area contributed by atoms with Crippen molar-refractivity contribution in [1.29, 1.82) is 0 Å². The quantitative estimate of drug-likeness (QED) is 0.823. The fourth-order valence-electron chi connectivity index (χ4n) is 2.50. The van der Waals surface area contributed by atoms with Gasteiger partial charge in [0, 0.05) is 17.1 Å². The van der Waals surface area contributed by atoms with Gasteiger partial charge >= 0.3 is 0 Å². The summed E-state index contributed by atoms with van der Waals surface area (Å²) >= 11 is 3.65. The highest BCUT2D eigenvalue weighted by atomic mass is 79.9. The average molecular weight is 348 g/mol. The van der Waals surface area contributed by atoms with E-state index >= 15 is 0 Å². The van der Waals surface area contributed by atoms with Crippen molar-refractivity contribution < 1.29 is 4.39 Å². The SMILES string of the molecule is Cc1c(Br)cc(CNC2CC2)cc1Cc1cccc(F)c1. The number of halogens is 2. The minimum absolute atomic E-state index is 0.171. The van der Waals surface area contributed by atoms with E-state index in [2.05, 4.69) is 40.3 Å². The molecule has 1 N–H and O–H groups in total. The molecule has 0 radical (unpaired) electrons. The molecular formula is C18H19BrFN. The molecule has 0 saturated heterocycles. The van der Waals surface area contributed by atoms with Gasteiger partial charge in [-0.15, -0.1) is 0 Å². The third kappa shape index (κ3) is 3.92. The van der Waals surface area contributed by atoms with Crippen LogP contribution in [0.2, 0.25) is 0 Å². The van der Waals surface area contributed by atoms with Crippen LogP contribution in [0.15, 0.2) is 40.9 Å². The number of rotatable bonds is 5. The van der Waals surface area contributed by atoms with Gasteiger partial charge in [0.25, 0.3) is 0 Å². The van der Waals surface area contributed by atoms with Gasteiger partial charge in [-0.05, 0) is 66.6 Å². The molecule has 0 aromatic heterocycles. The van der Waals surface area contributed by atoms with Crippen molar-refractivity contribution >= 4 is 15.9 Å². The minimum atomic E-state index is -0.171. The van der Waals surface area contributed by atoms with E-state index in [4.69, 9.17) is 0 Å². The zero-order valence-electron chi connectivity index (χ0n) is 12.1. The Morgan fingerprint density at radius 3 is 2.71 bits per heavy atom. The fraction of sp³-hybridized carbons (Fsp3) is 0.333. The molecule has 1 nitrogen and oxygen atoms in total. The lowest BCUT2D eigenvalue weighted by Crippen LogP contribution is -2.15. The Hall–Kier alpha value is -1.19. The standard InChI is InChI=1S/C18H19BrFN/c1-12-15(7-13-3-2-4-16(20)9-13)8-14(10-18(12)19)11-21-17-5-6-17/h2-4,8-10,17,21H,5-7,11H2,1H3. The summed E-state index contributed by atoms with van der Waals surface area (Å²) in [6.45, 7) is 3.01. The molecule has 2 aromatic rings. The lowest BCUT2D eigenvalue weighted by molar-refractivity contribution is 0.626. The van der Waals surface area contributed by atoms with Crippen molar-refractivity contribution in [2.75, 3.05) is 0 Å². The predicted molar refractivity (Wildman–Crippen MR) is 87.9 cm³/mol. The highest BCUT2D eigenvalue weighted by Crippen LogP contribution is 2.26. The first kappa shape index (κ1) is 14.7. The molecule has 0 atom stereocenters. The number of hydrogen-bond acceptors (Lipinski definition) is 1. The van der Waals surface area contributed by atoms with Gasteiger partial charge in [0.1, 0.15) is 5.82 Å². The minimum Gasteiger partial charge on any atom is -0.310 e. The maximum Gasteiger partial charge on any atom is 0.123 e. The van der Waals surface area contributed by atoms with Crippen LogP contribution in [0, 0.1) is 12.7 Å². The van der Waals surface area contributed by atoms with Crippen LogP contribution in [0.3, 0.4) is 0 Å². The van der Waals surface area contributed by atoms with Crippen molar-refractivity contribution in [2.24, 2.45) is 0 Å². The zero-order valence-corrected chi connectivity index (χ0v) is 13.7. The maximum absolute atomic E-state index is 13.3. The molecule has 0 spiro atoms. The van der Waals surface area contributed by atoms with Crippen molar-refractivity contribution in [3.05, 3.63) is 68.9 Å². The predicted octanol–water partition coefficient (Wildman–Crippen LogP) is 4.74. The first-order valence-electron chi connectivity index (χ1n) is 7.37. The summed E-state index contributed by atoms with van der Waals surface area (Å²) in [4.78, 5) is 0. The van der Waals surface area contributed by atoms with Crippen LogP contribution < -0.4 is 5.32 Å². The van der Waals surface area contributed by atoms with Gasteiger partial charge in [0.15, 0.2) is 0 Å². The largest absolute Gasteiger partial charge is 0.310 e. The summed E-state index contributed by atoms with van der Waals surface area (Å²) in [6.07, 6.45) is 3.35. The highest BCUT2D eigenvalue weighted by Gasteiger charge is 2.20. The van der Waals surface area contributed by atoms with Crippen molar-refractivity contribution in [3.63, 3.8) is 0 Å². The molecule has 1 saturated carbocycles. The molecular weight excluding hydrogens is 329 g/mol. The molecule has 1 fully saturated rings. The van der Waals surface area contributed by atoms with Gasteiger partial charge in [-0.2, -0.15) is 0 Å². The molecule has 2 aromatic carbocycles. The molecule has 1 aliphatic carbocycles. The molecule has 3 rings (SSSR count). The van der Waals surface area contributed by atoms with Crippen LogP contribution in [0.5, 0.6) is 0 Å². The van der Waals surface area contributed by atoms with Crippen LogP contribution in [-0.4, -0.2) is 6.04 Å². The molecule has 0 unspecified atom stereocenters. The normalized spacial score (nSPS) is 14.4. The molecule has 110 valence electrons. The van der Waals surface area contributed by atoms with Crippen LogP contribution in [0.4, 0.5) is 4.39 Å². The van der Waals surface area contributed by atoms with Crippen LogP contribution in [-0.2, 0) is 13.0 Å². The maximum atomic E-state index is 13.3. The Morgan fingerprint density at radius 1 is 1.19 bits per heavy atom. The lowest BCUT2D eigenvalue weighted by atomic mass is 9.98. The Labute approximate surface area is 133 Å². The molecule has 1 aliphatic rings. The summed E-state index contributed by atoms with van der Waals surface area (Å²) < 4.78 is 14.5. The first-order valence-corrected chi connectivity index (χ1v) is 8.17. The summed E-state index contributed by atoms with van der Waals surface area (Å²) in [5.74, 6) is -0.171. The molecule has 0 aliphatic heterocycles. The summed E-state index contributed by atoms with van der Waals surface area (Å²) in [6, 6.07) is 12.0. The van der Waals surface area contributed by atoms with Crippen LogP contribution in [0.1, 0.15) is 35.1 Å². The summed E-state index contributed by atoms with van der Waals surface area (Å²) in [7, 11) is 0. The second kappa shape index (κ2) is 6.29. The van der Waals surface area contributed by atoms with Crippen molar-refractivity contribution in [1.82, 2.24) is 5.32 Å². The fourth-order valence-corrected chi connectivity index (χ4v) is 3.05. The van der Waals surface area contributed by atoms with E-state index in [0.29, 0.717) is 6.04 Å². The number of nitrogens with one attached hydrogen (secondary N) is 1. The van der Waals surface area contributed by atoms with E-state index in [1.807, 2.05) is 6.07 Å². The Kier molecular flexibility index (Phi) is 4.41. The smallest absolute Gasteiger partial charge is 0.123 e. The summed E-state index contributed by atoms with van der Waals surface area (Å²) in [5.41, 5.74) is 4.78. The van der Waals surface area contributed by atoms with Gasteiger partial charge in [0.2, 0.25) is 0 Å². The van der Waals surface area contributed by atoms with Crippen molar-refractivity contribution in [3.8, 4) is 0 Å². The van der Waals surface area contributed by atoms with Gasteiger partial charge in [-0.1, -0.05) is 34.1 Å². The van der Waals surface area contributed by atoms with Crippen LogP contribution in [0.25, 0.3) is 0 Å². The van der Waals surface area contributed by atoms with Gasteiger partial charge in [-0.3, -0.25) is 0 Å². The molecule has 3 heteroatoms. The molecule has 0 amide bonds. The monoisotopic (exact) mass is 347 g/mol. The Morgan fingerprint density at radius 2 is 2.00 bits per heavy atom. The second-order valence-corrected chi connectivity index (χ2v) is 6.68. The van der Waals surface area contributed by atoms with Gasteiger partial charge < -0.3 is 5.32 Å². The second-order valence-electron chi connectivity index (χ2n) is 5.82. The highest BCUT2D eigenvalue weighted by molar-refractivity contribution is 9.10. The topological polar surface area (TPSA) is 12.0 Å².